The number of carbonyl (C=O) groups excluding carboxylic acids is 3. The monoisotopic (exact) mass is 1120 g/mol. The van der Waals surface area contributed by atoms with Crippen molar-refractivity contribution >= 4 is 17.9 Å². The van der Waals surface area contributed by atoms with Crippen molar-refractivity contribution in [3.8, 4) is 0 Å². The van der Waals surface area contributed by atoms with Gasteiger partial charge >= 0.3 is 17.9 Å². The van der Waals surface area contributed by atoms with Gasteiger partial charge in [-0.25, -0.2) is 0 Å². The Morgan fingerprint density at radius 3 is 0.738 bits per heavy atom. The Morgan fingerprint density at radius 1 is 0.250 bits per heavy atom. The smallest absolute Gasteiger partial charge is 0.306 e. The Balaban J connectivity index is 4.19. The lowest BCUT2D eigenvalue weighted by Gasteiger charge is -2.18. The molecule has 470 valence electrons. The largest absolute Gasteiger partial charge is 0.462 e. The molecule has 0 aromatic heterocycles. The first-order valence-electron chi connectivity index (χ1n) is 36.0. The van der Waals surface area contributed by atoms with Crippen LogP contribution in [0.15, 0.2) is 36.5 Å². The minimum Gasteiger partial charge on any atom is -0.462 e. The molecule has 80 heavy (non-hydrogen) atoms. The molecule has 0 heterocycles. The van der Waals surface area contributed by atoms with Crippen LogP contribution in [0.2, 0.25) is 0 Å². The molecule has 0 amide bonds. The molecule has 0 aliphatic carbocycles. The summed E-state index contributed by atoms with van der Waals surface area (Å²) in [4.78, 5) is 38.4. The minimum atomic E-state index is -0.778. The zero-order chi connectivity index (χ0) is 57.8. The van der Waals surface area contributed by atoms with E-state index in [0.29, 0.717) is 19.3 Å². The zero-order valence-electron chi connectivity index (χ0n) is 54.1. The van der Waals surface area contributed by atoms with Crippen molar-refractivity contribution in [3.05, 3.63) is 36.5 Å². The van der Waals surface area contributed by atoms with E-state index in [2.05, 4.69) is 57.2 Å². The maximum atomic E-state index is 12.9. The van der Waals surface area contributed by atoms with E-state index < -0.39 is 6.10 Å². The van der Waals surface area contributed by atoms with Gasteiger partial charge in [0.05, 0.1) is 0 Å². The van der Waals surface area contributed by atoms with E-state index in [-0.39, 0.29) is 31.1 Å². The number of ether oxygens (including phenoxy) is 3. The van der Waals surface area contributed by atoms with Crippen LogP contribution in [-0.2, 0) is 28.6 Å². The standard InChI is InChI=1S/C74H138O6/c1-4-7-10-13-16-19-22-25-28-30-32-33-34-35-36-37-38-39-40-41-43-44-46-49-52-55-58-61-64-67-73(76)79-70-71(69-78-72(75)66-63-60-57-54-51-48-27-24-21-18-15-12-9-6-3)80-74(77)68-65-62-59-56-53-50-47-45-42-31-29-26-23-20-17-14-11-8-5-2/h15,18,24,26-27,29,71H,4-14,16-17,19-23,25,28,30-70H2,1-3H3/b18-15-,27-24-,29-26-. The summed E-state index contributed by atoms with van der Waals surface area (Å²) in [6, 6.07) is 0. The minimum absolute atomic E-state index is 0.0729. The zero-order valence-corrected chi connectivity index (χ0v) is 54.1. The van der Waals surface area contributed by atoms with Gasteiger partial charge in [0.2, 0.25) is 0 Å². The Morgan fingerprint density at radius 2 is 0.463 bits per heavy atom. The van der Waals surface area contributed by atoms with Crippen molar-refractivity contribution in [1.82, 2.24) is 0 Å². The van der Waals surface area contributed by atoms with Crippen LogP contribution in [-0.4, -0.2) is 37.2 Å². The Labute approximate surface area is 499 Å². The second kappa shape index (κ2) is 69.1. The van der Waals surface area contributed by atoms with Gasteiger partial charge in [0.25, 0.3) is 0 Å². The van der Waals surface area contributed by atoms with Gasteiger partial charge < -0.3 is 14.2 Å². The molecule has 0 aliphatic heterocycles. The SMILES string of the molecule is CCCC/C=C\C/C=C\CCCCCCCC(=O)OCC(COC(=O)CCCCCCCCCCCCCCCCCCCCCCCCCCCCCCC)OC(=O)CCCCCCCCCCC/C=C\CCCCCCCC. The maximum Gasteiger partial charge on any atom is 0.306 e. The topological polar surface area (TPSA) is 78.9 Å². The predicted molar refractivity (Wildman–Crippen MR) is 349 cm³/mol. The molecular formula is C74H138O6. The van der Waals surface area contributed by atoms with Crippen molar-refractivity contribution in [3.63, 3.8) is 0 Å². The van der Waals surface area contributed by atoms with Crippen LogP contribution in [0.1, 0.15) is 400 Å². The van der Waals surface area contributed by atoms with E-state index >= 15 is 0 Å². The normalized spacial score (nSPS) is 12.2. The highest BCUT2D eigenvalue weighted by atomic mass is 16.6. The van der Waals surface area contributed by atoms with Crippen LogP contribution < -0.4 is 0 Å². The predicted octanol–water partition coefficient (Wildman–Crippen LogP) is 24.7. The summed E-state index contributed by atoms with van der Waals surface area (Å²) in [5.41, 5.74) is 0. The van der Waals surface area contributed by atoms with Crippen LogP contribution in [0, 0.1) is 0 Å². The van der Waals surface area contributed by atoms with Gasteiger partial charge in [0.15, 0.2) is 6.10 Å². The second-order valence-electron chi connectivity index (χ2n) is 24.5. The molecule has 0 saturated heterocycles. The summed E-state index contributed by atoms with van der Waals surface area (Å²) in [5, 5.41) is 0. The van der Waals surface area contributed by atoms with Gasteiger partial charge in [-0.2, -0.15) is 0 Å². The number of unbranched alkanes of at least 4 members (excludes halogenated alkanes) is 50. The average molecular weight is 1120 g/mol. The highest BCUT2D eigenvalue weighted by Gasteiger charge is 2.19. The third-order valence-corrected chi connectivity index (χ3v) is 16.4. The van der Waals surface area contributed by atoms with E-state index in [0.717, 1.165) is 77.0 Å². The number of esters is 3. The highest BCUT2D eigenvalue weighted by Crippen LogP contribution is 2.19. The number of rotatable bonds is 67. The molecule has 0 fully saturated rings. The first kappa shape index (κ1) is 77.6. The highest BCUT2D eigenvalue weighted by molar-refractivity contribution is 5.71. The van der Waals surface area contributed by atoms with Crippen LogP contribution in [0.5, 0.6) is 0 Å². The molecule has 1 unspecified atom stereocenters. The average Bonchev–Trinajstić information content (AvgIpc) is 3.46. The number of carbonyl (C=O) groups is 3. The van der Waals surface area contributed by atoms with Crippen molar-refractivity contribution in [2.45, 2.75) is 406 Å². The molecule has 0 aliphatic rings. The van der Waals surface area contributed by atoms with Crippen molar-refractivity contribution in [2.24, 2.45) is 0 Å². The quantitative estimate of drug-likeness (QED) is 0.0261. The molecule has 6 heteroatoms. The molecule has 0 saturated carbocycles. The maximum absolute atomic E-state index is 12.9. The Bertz CT molecular complexity index is 1340. The summed E-state index contributed by atoms with van der Waals surface area (Å²) in [7, 11) is 0. The molecule has 0 aromatic carbocycles. The van der Waals surface area contributed by atoms with Gasteiger partial charge in [-0.05, 0) is 70.6 Å². The van der Waals surface area contributed by atoms with Gasteiger partial charge in [-0.1, -0.05) is 346 Å². The molecule has 0 N–H and O–H groups in total. The first-order chi connectivity index (χ1) is 39.5. The van der Waals surface area contributed by atoms with Crippen LogP contribution in [0.25, 0.3) is 0 Å². The second-order valence-corrected chi connectivity index (χ2v) is 24.5. The molecule has 0 spiro atoms. The van der Waals surface area contributed by atoms with Gasteiger partial charge in [0, 0.05) is 19.3 Å². The molecule has 0 radical (unpaired) electrons. The summed E-state index contributed by atoms with van der Waals surface area (Å²) >= 11 is 0. The van der Waals surface area contributed by atoms with Crippen molar-refractivity contribution in [1.29, 1.82) is 0 Å². The third-order valence-electron chi connectivity index (χ3n) is 16.4. The lowest BCUT2D eigenvalue weighted by molar-refractivity contribution is -0.167. The van der Waals surface area contributed by atoms with Crippen molar-refractivity contribution < 1.29 is 28.6 Å². The Kier molecular flexibility index (Phi) is 67.1. The van der Waals surface area contributed by atoms with E-state index in [1.54, 1.807) is 0 Å². The fourth-order valence-corrected chi connectivity index (χ4v) is 10.9. The lowest BCUT2D eigenvalue weighted by atomic mass is 10.0. The molecular weight excluding hydrogens is 985 g/mol. The lowest BCUT2D eigenvalue weighted by Crippen LogP contribution is -2.30. The van der Waals surface area contributed by atoms with Crippen LogP contribution in [0.4, 0.5) is 0 Å². The van der Waals surface area contributed by atoms with Gasteiger partial charge in [-0.15, -0.1) is 0 Å². The third kappa shape index (κ3) is 66.4. The molecule has 1 atom stereocenters. The molecule has 0 aromatic rings. The van der Waals surface area contributed by atoms with E-state index in [1.165, 1.54) is 283 Å². The van der Waals surface area contributed by atoms with E-state index in [1.807, 2.05) is 0 Å². The number of hydrogen-bond acceptors (Lipinski definition) is 6. The van der Waals surface area contributed by atoms with Gasteiger partial charge in [-0.3, -0.25) is 14.4 Å². The van der Waals surface area contributed by atoms with Crippen molar-refractivity contribution in [2.75, 3.05) is 13.2 Å². The fourth-order valence-electron chi connectivity index (χ4n) is 10.9. The molecule has 6 nitrogen and oxygen atoms in total. The van der Waals surface area contributed by atoms with Crippen LogP contribution >= 0.6 is 0 Å². The molecule has 0 bridgehead atoms. The summed E-state index contributed by atoms with van der Waals surface area (Å²) in [6.07, 6.45) is 86.1. The molecule has 0 rings (SSSR count). The fraction of sp³-hybridized carbons (Fsp3) is 0.878. The summed E-state index contributed by atoms with van der Waals surface area (Å²) in [5.74, 6) is -0.862. The number of hydrogen-bond donors (Lipinski definition) is 0. The summed E-state index contributed by atoms with van der Waals surface area (Å²) < 4.78 is 17.0. The summed E-state index contributed by atoms with van der Waals surface area (Å²) in [6.45, 7) is 6.66. The Hall–Kier alpha value is -2.37. The van der Waals surface area contributed by atoms with Crippen LogP contribution in [0.3, 0.4) is 0 Å². The number of allylic oxidation sites excluding steroid dienone is 6. The van der Waals surface area contributed by atoms with E-state index in [9.17, 15) is 14.4 Å². The first-order valence-corrected chi connectivity index (χ1v) is 36.0. The van der Waals surface area contributed by atoms with E-state index in [4.69, 9.17) is 14.2 Å². The van der Waals surface area contributed by atoms with Gasteiger partial charge in [0.1, 0.15) is 13.2 Å².